The van der Waals surface area contributed by atoms with Gasteiger partial charge in [-0.1, -0.05) is 18.2 Å². The molecule has 0 heterocycles. The highest BCUT2D eigenvalue weighted by molar-refractivity contribution is 5.79. The lowest BCUT2D eigenvalue weighted by atomic mass is 10.1. The Morgan fingerprint density at radius 2 is 1.90 bits per heavy atom. The molecule has 2 rings (SSSR count). The molecule has 0 aromatic heterocycles. The summed E-state index contributed by atoms with van der Waals surface area (Å²) in [5, 5.41) is 14.9. The third-order valence-electron chi connectivity index (χ3n) is 3.94. The zero-order valence-corrected chi connectivity index (χ0v) is 17.5. The Bertz CT molecular complexity index is 895. The van der Waals surface area contributed by atoms with E-state index in [1.807, 2.05) is 6.92 Å². The molecule has 162 valence electrons. The molecule has 0 aliphatic heterocycles. The molecule has 0 spiro atoms. The molecule has 8 heteroatoms. The van der Waals surface area contributed by atoms with E-state index in [2.05, 4.69) is 10.6 Å². The number of nitrogens with one attached hydrogen (secondary N) is 2. The number of carbonyl (C=O) groups is 2. The molecule has 1 unspecified atom stereocenters. The van der Waals surface area contributed by atoms with Crippen LogP contribution in [0.25, 0.3) is 0 Å². The molecule has 0 saturated carbocycles. The molecule has 0 aliphatic carbocycles. The van der Waals surface area contributed by atoms with Crippen molar-refractivity contribution >= 4 is 17.7 Å². The molecular weight excluding hydrogens is 391 g/mol. The van der Waals surface area contributed by atoms with E-state index >= 15 is 0 Å². The second-order valence-corrected chi connectivity index (χ2v) is 7.58. The fourth-order valence-corrected chi connectivity index (χ4v) is 2.67. The molecule has 2 aromatic rings. The van der Waals surface area contributed by atoms with Gasteiger partial charge in [0.2, 0.25) is 0 Å². The number of carboxylic acids is 1. The summed E-state index contributed by atoms with van der Waals surface area (Å²) in [5.74, 6) is -1.14. The zero-order valence-electron chi connectivity index (χ0n) is 17.5. The van der Waals surface area contributed by atoms with Gasteiger partial charge in [-0.3, -0.25) is 0 Å². The number of hydrogen-bond acceptors (Lipinski definition) is 5. The number of carbonyl (C=O) groups excluding carboxylic acids is 1. The number of ether oxygens (including phenoxy) is 2. The minimum atomic E-state index is -1.11. The van der Waals surface area contributed by atoms with Crippen LogP contribution in [0.5, 0.6) is 5.75 Å². The standard InChI is InChI=1S/C22H27FN2O5/c1-5-29-17-8-6-7-14(11-17)19(20(26)27)25-16-10-9-15(18(23)12-16)13-24-21(28)30-22(2,3)4/h6-12,19,25H,5,13H2,1-4H3,(H,24,28)(H,26,27). The van der Waals surface area contributed by atoms with Crippen LogP contribution in [0.2, 0.25) is 0 Å². The average Bonchev–Trinajstić information content (AvgIpc) is 2.64. The fourth-order valence-electron chi connectivity index (χ4n) is 2.67. The van der Waals surface area contributed by atoms with Crippen molar-refractivity contribution in [2.24, 2.45) is 0 Å². The number of aliphatic carboxylic acids is 1. The highest BCUT2D eigenvalue weighted by atomic mass is 19.1. The highest BCUT2D eigenvalue weighted by Gasteiger charge is 2.21. The Hall–Kier alpha value is -3.29. The van der Waals surface area contributed by atoms with Crippen LogP contribution in [0.1, 0.15) is 44.9 Å². The van der Waals surface area contributed by atoms with Crippen molar-refractivity contribution in [3.8, 4) is 5.75 Å². The summed E-state index contributed by atoms with van der Waals surface area (Å²) in [6, 6.07) is 9.85. The molecule has 0 saturated heterocycles. The van der Waals surface area contributed by atoms with Crippen molar-refractivity contribution < 1.29 is 28.6 Å². The van der Waals surface area contributed by atoms with Crippen molar-refractivity contribution in [1.29, 1.82) is 0 Å². The molecule has 0 aliphatic rings. The van der Waals surface area contributed by atoms with Crippen LogP contribution in [-0.4, -0.2) is 29.4 Å². The van der Waals surface area contributed by atoms with Gasteiger partial charge in [0.25, 0.3) is 0 Å². The number of rotatable bonds is 8. The predicted octanol–water partition coefficient (Wildman–Crippen LogP) is 4.49. The lowest BCUT2D eigenvalue weighted by molar-refractivity contribution is -0.138. The van der Waals surface area contributed by atoms with E-state index in [1.165, 1.54) is 12.1 Å². The van der Waals surface area contributed by atoms with Gasteiger partial charge in [-0.05, 0) is 57.5 Å². The summed E-state index contributed by atoms with van der Waals surface area (Å²) in [5.41, 5.74) is 0.366. The minimum Gasteiger partial charge on any atom is -0.494 e. The van der Waals surface area contributed by atoms with E-state index < -0.39 is 29.5 Å². The largest absolute Gasteiger partial charge is 0.494 e. The van der Waals surface area contributed by atoms with Crippen molar-refractivity contribution in [1.82, 2.24) is 5.32 Å². The Labute approximate surface area is 175 Å². The maximum atomic E-state index is 14.5. The van der Waals surface area contributed by atoms with Gasteiger partial charge < -0.3 is 25.2 Å². The monoisotopic (exact) mass is 418 g/mol. The molecule has 3 N–H and O–H groups in total. The smallest absolute Gasteiger partial charge is 0.407 e. The number of carboxylic acid groups (broad SMARTS) is 1. The first-order valence-corrected chi connectivity index (χ1v) is 9.56. The number of halogens is 1. The number of anilines is 1. The van der Waals surface area contributed by atoms with Crippen LogP contribution < -0.4 is 15.4 Å². The van der Waals surface area contributed by atoms with Crippen LogP contribution in [0, 0.1) is 5.82 Å². The first-order valence-electron chi connectivity index (χ1n) is 9.56. The first-order chi connectivity index (χ1) is 14.1. The third kappa shape index (κ3) is 6.95. The minimum absolute atomic E-state index is 0.0558. The topological polar surface area (TPSA) is 96.9 Å². The summed E-state index contributed by atoms with van der Waals surface area (Å²) in [7, 11) is 0. The van der Waals surface area contributed by atoms with E-state index in [1.54, 1.807) is 51.1 Å². The fraction of sp³-hybridized carbons (Fsp3) is 0.364. The van der Waals surface area contributed by atoms with Crippen molar-refractivity contribution in [2.75, 3.05) is 11.9 Å². The Morgan fingerprint density at radius 1 is 1.17 bits per heavy atom. The number of amides is 1. The van der Waals surface area contributed by atoms with Crippen LogP contribution in [-0.2, 0) is 16.1 Å². The molecule has 0 radical (unpaired) electrons. The molecule has 2 aromatic carbocycles. The summed E-state index contributed by atoms with van der Waals surface area (Å²) < 4.78 is 25.0. The van der Waals surface area contributed by atoms with Gasteiger partial charge >= 0.3 is 12.1 Å². The van der Waals surface area contributed by atoms with Crippen LogP contribution in [0.3, 0.4) is 0 Å². The molecule has 1 atom stereocenters. The lowest BCUT2D eigenvalue weighted by Crippen LogP contribution is -2.32. The molecule has 30 heavy (non-hydrogen) atoms. The van der Waals surface area contributed by atoms with Gasteiger partial charge in [0, 0.05) is 17.8 Å². The Kier molecular flexibility index (Phi) is 7.63. The van der Waals surface area contributed by atoms with Gasteiger partial charge in [-0.15, -0.1) is 0 Å². The summed E-state index contributed by atoms with van der Waals surface area (Å²) >= 11 is 0. The number of hydrogen-bond donors (Lipinski definition) is 3. The van der Waals surface area contributed by atoms with Gasteiger partial charge in [-0.2, -0.15) is 0 Å². The van der Waals surface area contributed by atoms with E-state index in [-0.39, 0.29) is 12.1 Å². The SMILES string of the molecule is CCOc1cccc(C(Nc2ccc(CNC(=O)OC(C)(C)C)c(F)c2)C(=O)O)c1. The van der Waals surface area contributed by atoms with Gasteiger partial charge in [0.15, 0.2) is 6.04 Å². The average molecular weight is 418 g/mol. The van der Waals surface area contributed by atoms with Crippen LogP contribution in [0.4, 0.5) is 14.9 Å². The molecular formula is C22H27FN2O5. The number of benzene rings is 2. The molecule has 7 nitrogen and oxygen atoms in total. The molecule has 1 amide bonds. The lowest BCUT2D eigenvalue weighted by Gasteiger charge is -2.20. The molecule has 0 fully saturated rings. The van der Waals surface area contributed by atoms with E-state index in [9.17, 15) is 19.1 Å². The van der Waals surface area contributed by atoms with E-state index in [4.69, 9.17) is 9.47 Å². The van der Waals surface area contributed by atoms with Crippen molar-refractivity contribution in [2.45, 2.75) is 45.9 Å². The Balaban J connectivity index is 2.10. The second-order valence-electron chi connectivity index (χ2n) is 7.58. The predicted molar refractivity (Wildman–Crippen MR) is 111 cm³/mol. The third-order valence-corrected chi connectivity index (χ3v) is 3.94. The van der Waals surface area contributed by atoms with Gasteiger partial charge in [0.05, 0.1) is 6.61 Å². The van der Waals surface area contributed by atoms with Gasteiger partial charge in [0.1, 0.15) is 17.2 Å². The van der Waals surface area contributed by atoms with Crippen molar-refractivity contribution in [3.05, 3.63) is 59.4 Å². The van der Waals surface area contributed by atoms with Gasteiger partial charge in [-0.25, -0.2) is 14.0 Å². The maximum absolute atomic E-state index is 14.5. The summed E-state index contributed by atoms with van der Waals surface area (Å²) in [6.45, 7) is 7.43. The summed E-state index contributed by atoms with van der Waals surface area (Å²) in [6.07, 6.45) is -0.649. The second kappa shape index (κ2) is 9.96. The van der Waals surface area contributed by atoms with E-state index in [0.29, 0.717) is 23.6 Å². The normalized spacial score (nSPS) is 12.0. The number of alkyl carbamates (subject to hydrolysis) is 1. The van der Waals surface area contributed by atoms with E-state index in [0.717, 1.165) is 0 Å². The van der Waals surface area contributed by atoms with Crippen LogP contribution in [0.15, 0.2) is 42.5 Å². The quantitative estimate of drug-likeness (QED) is 0.585. The van der Waals surface area contributed by atoms with Crippen LogP contribution >= 0.6 is 0 Å². The maximum Gasteiger partial charge on any atom is 0.407 e. The molecule has 0 bridgehead atoms. The Morgan fingerprint density at radius 3 is 2.50 bits per heavy atom. The van der Waals surface area contributed by atoms with Crippen molar-refractivity contribution in [3.63, 3.8) is 0 Å². The summed E-state index contributed by atoms with van der Waals surface area (Å²) in [4.78, 5) is 23.5. The first kappa shape index (κ1) is 23.0. The zero-order chi connectivity index (χ0) is 22.3. The highest BCUT2D eigenvalue weighted by Crippen LogP contribution is 2.25.